The molecule has 0 amide bonds. The van der Waals surface area contributed by atoms with Crippen LogP contribution in [-0.2, 0) is 27.9 Å². The number of allylic oxidation sites excluding steroid dienone is 2. The van der Waals surface area contributed by atoms with E-state index in [1.54, 1.807) is 0 Å². The molecule has 0 aromatic heterocycles. The summed E-state index contributed by atoms with van der Waals surface area (Å²) in [6.07, 6.45) is 3.06. The number of carbonyl (C=O) groups is 2. The maximum atomic E-state index is 14.4. The summed E-state index contributed by atoms with van der Waals surface area (Å²) in [4.78, 5) is 28.8. The van der Waals surface area contributed by atoms with E-state index in [1.807, 2.05) is 0 Å². The van der Waals surface area contributed by atoms with E-state index in [1.165, 1.54) is 22.3 Å². The van der Waals surface area contributed by atoms with Gasteiger partial charge >= 0.3 is 0 Å². The van der Waals surface area contributed by atoms with E-state index in [0.717, 1.165) is 25.7 Å². The molecule has 2 heterocycles. The molecule has 4 bridgehead atoms. The van der Waals surface area contributed by atoms with Gasteiger partial charge in [-0.05, 0) is 101 Å². The van der Waals surface area contributed by atoms with Gasteiger partial charge in [-0.1, -0.05) is 119 Å². The Labute approximate surface area is 422 Å². The van der Waals surface area contributed by atoms with Crippen LogP contribution < -0.4 is 0 Å². The number of fused-ring (bicyclic) bond motifs is 10. The van der Waals surface area contributed by atoms with Gasteiger partial charge in [0.1, 0.15) is 22.8 Å². The summed E-state index contributed by atoms with van der Waals surface area (Å²) in [5.74, 6) is 1.08. The molecule has 8 aliphatic rings. The molecule has 11 heteroatoms. The topological polar surface area (TPSA) is 112 Å². The average molecular weight is 1120 g/mol. The van der Waals surface area contributed by atoms with Gasteiger partial charge < -0.3 is 28.5 Å². The zero-order valence-electron chi connectivity index (χ0n) is 43.2. The molecule has 8 rings (SSSR count). The Morgan fingerprint density at radius 3 is 1.13 bits per heavy atom. The van der Waals surface area contributed by atoms with Crippen molar-refractivity contribution in [2.75, 3.05) is 13.2 Å². The summed E-state index contributed by atoms with van der Waals surface area (Å²) in [6, 6.07) is 0. The van der Waals surface area contributed by atoms with Gasteiger partial charge in [-0.3, -0.25) is 9.59 Å². The number of ketones is 2. The van der Waals surface area contributed by atoms with Crippen molar-refractivity contribution in [1.29, 1.82) is 0 Å². The number of carbonyl (C=O) groups excluding carboxylic acids is 2. The third-order valence-electron chi connectivity index (χ3n) is 20.8. The monoisotopic (exact) mass is 1120 g/mol. The van der Waals surface area contributed by atoms with Gasteiger partial charge in [0.05, 0.1) is 36.6 Å². The minimum absolute atomic E-state index is 0. The normalized spacial score (nSPS) is 50.7. The number of hydrogen-bond donors (Lipinski definition) is 2. The van der Waals surface area contributed by atoms with E-state index in [-0.39, 0.29) is 114 Å². The summed E-state index contributed by atoms with van der Waals surface area (Å²) in [5.41, 5.74) is 0.927. The van der Waals surface area contributed by atoms with E-state index in [0.29, 0.717) is 36.6 Å². The maximum absolute atomic E-state index is 14.4. The van der Waals surface area contributed by atoms with Gasteiger partial charge in [-0.15, -0.1) is 0 Å². The first kappa shape index (κ1) is 52.8. The van der Waals surface area contributed by atoms with Gasteiger partial charge in [0, 0.05) is 89.4 Å². The smallest absolute Gasteiger partial charge is 0.171 e. The molecular formula is C52H88AcO8Si2. The fourth-order valence-electron chi connectivity index (χ4n) is 17.5. The summed E-state index contributed by atoms with van der Waals surface area (Å²) in [5, 5.41) is 24.0. The van der Waals surface area contributed by atoms with E-state index in [2.05, 4.69) is 137 Å². The Morgan fingerprint density at radius 1 is 0.571 bits per heavy atom. The standard InChI is InChI=1S/2C26H44O4Si.Ac/c2*1-14-12-26(30-31(9)10)18(5)21-24(8,15(2)11-19-25(21,28)13-29-19)22(27)17(4)20(16(14)3)23(26,6)7;/h2*14-15,17-19,21,28,31H,11-13H2,1-10H3;. The molecule has 1 radical (unpaired) electrons. The quantitative estimate of drug-likeness (QED) is 0.212. The van der Waals surface area contributed by atoms with Crippen LogP contribution in [0.1, 0.15) is 136 Å². The second-order valence-electron chi connectivity index (χ2n) is 24.9. The van der Waals surface area contributed by atoms with Crippen LogP contribution in [-0.4, -0.2) is 87.7 Å². The van der Waals surface area contributed by atoms with E-state index < -0.39 is 51.3 Å². The molecule has 0 aromatic carbocycles. The van der Waals surface area contributed by atoms with Crippen LogP contribution in [0.2, 0.25) is 26.2 Å². The average Bonchev–Trinajstić information content (AvgIpc) is 3.16. The van der Waals surface area contributed by atoms with Crippen molar-refractivity contribution in [2.24, 2.45) is 80.8 Å². The van der Waals surface area contributed by atoms with Gasteiger partial charge in [-0.2, -0.15) is 0 Å². The summed E-state index contributed by atoms with van der Waals surface area (Å²) < 4.78 is 26.1. The maximum Gasteiger partial charge on any atom is 0.171 e. The molecule has 18 unspecified atom stereocenters. The molecule has 18 atom stereocenters. The third kappa shape index (κ3) is 6.86. The second-order valence-corrected chi connectivity index (χ2v) is 29.6. The Morgan fingerprint density at radius 2 is 0.873 bits per heavy atom. The van der Waals surface area contributed by atoms with Crippen LogP contribution in [0.5, 0.6) is 0 Å². The fourth-order valence-corrected chi connectivity index (χ4v) is 20.4. The summed E-state index contributed by atoms with van der Waals surface area (Å²) in [6.45, 7) is 45.5. The van der Waals surface area contributed by atoms with Crippen LogP contribution in [0.25, 0.3) is 0 Å². The van der Waals surface area contributed by atoms with Crippen molar-refractivity contribution < 1.29 is 82.2 Å². The second kappa shape index (κ2) is 16.8. The molecule has 2 saturated heterocycles. The van der Waals surface area contributed by atoms with Crippen LogP contribution in [0.3, 0.4) is 0 Å². The van der Waals surface area contributed by atoms with Gasteiger partial charge in [0.2, 0.25) is 0 Å². The number of rotatable bonds is 4. The van der Waals surface area contributed by atoms with Crippen molar-refractivity contribution >= 4 is 29.6 Å². The van der Waals surface area contributed by atoms with Crippen LogP contribution in [0.4, 0.5) is 0 Å². The molecule has 0 spiro atoms. The minimum Gasteiger partial charge on any atom is -0.414 e. The van der Waals surface area contributed by atoms with E-state index in [9.17, 15) is 19.8 Å². The summed E-state index contributed by atoms with van der Waals surface area (Å²) in [7, 11) is -2.82. The zero-order valence-corrected chi connectivity index (χ0v) is 50.3. The third-order valence-corrected chi connectivity index (χ3v) is 22.6. The van der Waals surface area contributed by atoms with Gasteiger partial charge in [0.25, 0.3) is 0 Å². The molecule has 6 fully saturated rings. The number of aliphatic hydroxyl groups is 2. The van der Waals surface area contributed by atoms with Crippen LogP contribution in [0, 0.1) is 125 Å². The predicted molar refractivity (Wildman–Crippen MR) is 253 cm³/mol. The Kier molecular flexibility index (Phi) is 14.1. The molecule has 2 aliphatic heterocycles. The molecule has 4 saturated carbocycles. The largest absolute Gasteiger partial charge is 0.414 e. The SMILES string of the molecule is CC1=C2C(C)C(=O)C3(C)C(C)CC4OCC4(O)C3C(C)C(O[SiH](C)C)(CC1C)C2(C)C.CC1=C2C(C)C(=O)C3(C)C(C)CC4OCC4(O)C3C(C)C(O[SiH](C)C)(CC1C)C2(C)C.[Ac]. The van der Waals surface area contributed by atoms with Gasteiger partial charge in [-0.25, -0.2) is 0 Å². The van der Waals surface area contributed by atoms with Crippen molar-refractivity contribution in [3.8, 4) is 0 Å². The molecule has 8 nitrogen and oxygen atoms in total. The summed E-state index contributed by atoms with van der Waals surface area (Å²) >= 11 is 0. The van der Waals surface area contributed by atoms with Crippen LogP contribution in [0.15, 0.2) is 22.3 Å². The molecule has 6 aliphatic carbocycles. The molecule has 355 valence electrons. The molecule has 2 N–H and O–H groups in total. The van der Waals surface area contributed by atoms with E-state index in [4.69, 9.17) is 18.3 Å². The van der Waals surface area contributed by atoms with Crippen molar-refractivity contribution in [2.45, 2.75) is 197 Å². The molecule has 63 heavy (non-hydrogen) atoms. The fraction of sp³-hybridized carbons (Fsp3) is 0.885. The molecular weight excluding hydrogens is 1040 g/mol. The van der Waals surface area contributed by atoms with Crippen LogP contribution >= 0.6 is 0 Å². The first-order chi connectivity index (χ1) is 28.3. The minimum atomic E-state index is -1.41. The Balaban J connectivity index is 0.000000206. The molecule has 0 aromatic rings. The zero-order chi connectivity index (χ0) is 46.6. The predicted octanol–water partition coefficient (Wildman–Crippen LogP) is 9.51. The first-order valence-electron chi connectivity index (χ1n) is 24.9. The van der Waals surface area contributed by atoms with E-state index >= 15 is 0 Å². The van der Waals surface area contributed by atoms with Gasteiger partial charge in [0.15, 0.2) is 18.1 Å². The van der Waals surface area contributed by atoms with Crippen molar-refractivity contribution in [3.63, 3.8) is 0 Å². The van der Waals surface area contributed by atoms with Crippen molar-refractivity contribution in [3.05, 3.63) is 22.3 Å². The Bertz CT molecular complexity index is 1780. The Hall–Kier alpha value is 0.455. The number of hydrogen-bond acceptors (Lipinski definition) is 8. The number of ether oxygens (including phenoxy) is 2. The van der Waals surface area contributed by atoms with Crippen molar-refractivity contribution in [1.82, 2.24) is 0 Å². The number of Topliss-reactive ketones (excluding diaryl/α,β-unsaturated/α-hetero) is 2. The first-order valence-corrected chi connectivity index (χ1v) is 30.4.